The molecular formula is C21H22N10O2S. The molecule has 0 unspecified atom stereocenters. The van der Waals surface area contributed by atoms with Crippen LogP contribution in [0.1, 0.15) is 5.56 Å². The Morgan fingerprint density at radius 1 is 1.03 bits per heavy atom. The molecule has 5 rings (SSSR count). The summed E-state index contributed by atoms with van der Waals surface area (Å²) in [6, 6.07) is 10.1. The third-order valence-electron chi connectivity index (χ3n) is 5.03. The molecule has 0 aliphatic carbocycles. The largest absolute Gasteiger partial charge is 0.365 e. The number of aromatic nitrogens is 7. The van der Waals surface area contributed by atoms with Crippen molar-refractivity contribution in [1.82, 2.24) is 34.1 Å². The van der Waals surface area contributed by atoms with Gasteiger partial charge in [0, 0.05) is 43.9 Å². The zero-order valence-electron chi connectivity index (χ0n) is 18.4. The summed E-state index contributed by atoms with van der Waals surface area (Å²) < 4.78 is 27.8. The number of hydrogen-bond donors (Lipinski definition) is 3. The van der Waals surface area contributed by atoms with Crippen molar-refractivity contribution in [1.29, 1.82) is 0 Å². The molecule has 34 heavy (non-hydrogen) atoms. The predicted molar refractivity (Wildman–Crippen MR) is 129 cm³/mol. The molecule has 0 spiro atoms. The summed E-state index contributed by atoms with van der Waals surface area (Å²) in [5.74, 6) is 0.957. The van der Waals surface area contributed by atoms with E-state index in [0.717, 1.165) is 28.3 Å². The Morgan fingerprint density at radius 3 is 2.71 bits per heavy atom. The molecule has 1 aromatic carbocycles. The van der Waals surface area contributed by atoms with Crippen molar-refractivity contribution in [2.24, 2.45) is 7.05 Å². The van der Waals surface area contributed by atoms with Crippen molar-refractivity contribution >= 4 is 32.8 Å². The molecule has 0 aliphatic heterocycles. The van der Waals surface area contributed by atoms with Crippen molar-refractivity contribution < 1.29 is 8.42 Å². The van der Waals surface area contributed by atoms with E-state index in [-0.39, 0.29) is 5.95 Å². The number of hydrogen-bond acceptors (Lipinski definition) is 8. The molecule has 12 nitrogen and oxygen atoms in total. The Morgan fingerprint density at radius 2 is 1.91 bits per heavy atom. The van der Waals surface area contributed by atoms with Gasteiger partial charge in [0.2, 0.25) is 16.0 Å². The van der Waals surface area contributed by atoms with Crippen molar-refractivity contribution in [3.8, 4) is 11.1 Å². The standard InChI is InChI=1S/C21H22N10O2S/c1-29-13-17(12-26-29)16-5-3-4-15(10-16)11-23-19-18-6-8-30(20(18)25-14-24-19)27-21-22-7-9-31(21)28-34(2,32)33/h3-10,12-14,28H,11H2,1-2H3,(H,22,27)(H,23,24,25). The lowest BCUT2D eigenvalue weighted by molar-refractivity contribution is 0.601. The second-order valence-electron chi connectivity index (χ2n) is 7.70. The van der Waals surface area contributed by atoms with Gasteiger partial charge in [-0.1, -0.05) is 18.2 Å². The van der Waals surface area contributed by atoms with Crippen molar-refractivity contribution in [2.45, 2.75) is 6.54 Å². The summed E-state index contributed by atoms with van der Waals surface area (Å²) in [7, 11) is -1.57. The van der Waals surface area contributed by atoms with Gasteiger partial charge in [0.25, 0.3) is 0 Å². The van der Waals surface area contributed by atoms with Crippen LogP contribution in [-0.2, 0) is 23.6 Å². The molecule has 4 aromatic heterocycles. The highest BCUT2D eigenvalue weighted by molar-refractivity contribution is 7.91. The van der Waals surface area contributed by atoms with E-state index in [4.69, 9.17) is 0 Å². The molecule has 0 fully saturated rings. The number of fused-ring (bicyclic) bond motifs is 1. The molecule has 0 saturated carbocycles. The Bertz CT molecular complexity index is 1570. The summed E-state index contributed by atoms with van der Waals surface area (Å²) in [4.78, 5) is 15.3. The van der Waals surface area contributed by atoms with Gasteiger partial charge in [-0.2, -0.15) is 5.10 Å². The van der Waals surface area contributed by atoms with E-state index in [9.17, 15) is 8.42 Å². The molecule has 0 amide bonds. The first kappa shape index (κ1) is 21.5. The molecule has 4 heterocycles. The third kappa shape index (κ3) is 4.54. The smallest absolute Gasteiger partial charge is 0.243 e. The van der Waals surface area contributed by atoms with E-state index in [1.807, 2.05) is 37.6 Å². The second-order valence-corrected chi connectivity index (χ2v) is 9.42. The third-order valence-corrected chi connectivity index (χ3v) is 5.56. The fourth-order valence-corrected chi connectivity index (χ4v) is 4.05. The fraction of sp³-hybridized carbons (Fsp3) is 0.143. The topological polar surface area (TPSA) is 137 Å². The molecule has 0 aliphatic rings. The summed E-state index contributed by atoms with van der Waals surface area (Å²) in [5, 5.41) is 8.41. The highest BCUT2D eigenvalue weighted by Gasteiger charge is 2.12. The van der Waals surface area contributed by atoms with Gasteiger partial charge in [-0.3, -0.25) is 10.1 Å². The van der Waals surface area contributed by atoms with Crippen molar-refractivity contribution in [3.63, 3.8) is 0 Å². The number of sulfonamides is 1. The first-order chi connectivity index (χ1) is 16.4. The summed E-state index contributed by atoms with van der Waals surface area (Å²) >= 11 is 0. The highest BCUT2D eigenvalue weighted by Crippen LogP contribution is 2.23. The van der Waals surface area contributed by atoms with Gasteiger partial charge in [0.1, 0.15) is 12.1 Å². The van der Waals surface area contributed by atoms with Crippen LogP contribution >= 0.6 is 0 Å². The van der Waals surface area contributed by atoms with Crippen LogP contribution in [0.25, 0.3) is 22.2 Å². The van der Waals surface area contributed by atoms with Gasteiger partial charge >= 0.3 is 0 Å². The van der Waals surface area contributed by atoms with E-state index in [1.165, 1.54) is 23.4 Å². The van der Waals surface area contributed by atoms with Crippen molar-refractivity contribution in [3.05, 3.63) is 73.2 Å². The molecule has 174 valence electrons. The Balaban J connectivity index is 1.35. The molecule has 3 N–H and O–H groups in total. The molecule has 13 heteroatoms. The lowest BCUT2D eigenvalue weighted by Gasteiger charge is -2.12. The van der Waals surface area contributed by atoms with Gasteiger partial charge in [-0.15, -0.1) is 0 Å². The number of nitrogens with zero attached hydrogens (tertiary/aromatic N) is 7. The Hall–Kier alpha value is -4.39. The van der Waals surface area contributed by atoms with Gasteiger partial charge < -0.3 is 5.32 Å². The Kier molecular flexibility index (Phi) is 5.37. The number of benzene rings is 1. The molecule has 0 radical (unpaired) electrons. The number of nitrogens with one attached hydrogen (secondary N) is 3. The van der Waals surface area contributed by atoms with Crippen LogP contribution in [0.3, 0.4) is 0 Å². The first-order valence-electron chi connectivity index (χ1n) is 10.3. The summed E-state index contributed by atoms with van der Waals surface area (Å²) in [5.41, 5.74) is 6.89. The number of aryl methyl sites for hydroxylation is 1. The van der Waals surface area contributed by atoms with Crippen LogP contribution in [0.4, 0.5) is 11.8 Å². The molecular weight excluding hydrogens is 456 g/mol. The van der Waals surface area contributed by atoms with E-state index in [2.05, 4.69) is 47.8 Å². The highest BCUT2D eigenvalue weighted by atomic mass is 32.2. The van der Waals surface area contributed by atoms with Crippen LogP contribution in [-0.4, -0.2) is 48.8 Å². The van der Waals surface area contributed by atoms with Gasteiger partial charge in [0.05, 0.1) is 17.8 Å². The number of imidazole rings is 1. The molecule has 5 aromatic rings. The van der Waals surface area contributed by atoms with Crippen LogP contribution in [0.2, 0.25) is 0 Å². The van der Waals surface area contributed by atoms with Gasteiger partial charge in [-0.25, -0.2) is 37.6 Å². The van der Waals surface area contributed by atoms with Crippen LogP contribution in [0.15, 0.2) is 67.6 Å². The zero-order chi connectivity index (χ0) is 23.7. The predicted octanol–water partition coefficient (Wildman–Crippen LogP) is 2.02. The molecule has 0 atom stereocenters. The maximum atomic E-state index is 11.6. The molecule has 0 bridgehead atoms. The fourth-order valence-electron chi connectivity index (χ4n) is 3.55. The lowest BCUT2D eigenvalue weighted by Crippen LogP contribution is -2.24. The van der Waals surface area contributed by atoms with E-state index < -0.39 is 10.0 Å². The summed E-state index contributed by atoms with van der Waals surface area (Å²) in [6.45, 7) is 0.571. The number of anilines is 2. The van der Waals surface area contributed by atoms with Crippen LogP contribution < -0.4 is 15.6 Å². The van der Waals surface area contributed by atoms with Gasteiger partial charge in [-0.05, 0) is 23.3 Å². The SMILES string of the molecule is Cn1cc(-c2cccc(CNc3ncnc4c3ccn4Nc3nccn3NS(C)(=O)=O)c2)cn1. The van der Waals surface area contributed by atoms with Gasteiger partial charge in [0.15, 0.2) is 5.65 Å². The first-order valence-corrected chi connectivity index (χ1v) is 12.2. The molecule has 0 saturated heterocycles. The van der Waals surface area contributed by atoms with Crippen LogP contribution in [0.5, 0.6) is 0 Å². The van der Waals surface area contributed by atoms with E-state index in [1.54, 1.807) is 15.6 Å². The number of rotatable bonds is 8. The quantitative estimate of drug-likeness (QED) is 0.308. The zero-order valence-corrected chi connectivity index (χ0v) is 19.2. The van der Waals surface area contributed by atoms with Crippen LogP contribution in [0, 0.1) is 0 Å². The summed E-state index contributed by atoms with van der Waals surface area (Å²) in [6.07, 6.45) is 11.1. The maximum Gasteiger partial charge on any atom is 0.243 e. The monoisotopic (exact) mass is 478 g/mol. The Labute approximate surface area is 195 Å². The average Bonchev–Trinajstić information content (AvgIpc) is 3.53. The van der Waals surface area contributed by atoms with Crippen molar-refractivity contribution in [2.75, 3.05) is 21.8 Å². The minimum Gasteiger partial charge on any atom is -0.365 e. The lowest BCUT2D eigenvalue weighted by atomic mass is 10.1. The minimum atomic E-state index is -3.47. The maximum absolute atomic E-state index is 11.6. The second kappa shape index (κ2) is 8.51. The minimum absolute atomic E-state index is 0.281. The van der Waals surface area contributed by atoms with E-state index >= 15 is 0 Å². The average molecular weight is 479 g/mol. The normalized spacial score (nSPS) is 11.6. The van der Waals surface area contributed by atoms with E-state index in [0.29, 0.717) is 18.0 Å².